The van der Waals surface area contributed by atoms with Gasteiger partial charge in [0.05, 0.1) is 11.7 Å². The Balaban J connectivity index is 1.76. The topological polar surface area (TPSA) is 89.8 Å². The fourth-order valence-electron chi connectivity index (χ4n) is 2.78. The van der Waals surface area contributed by atoms with Crippen molar-refractivity contribution in [3.63, 3.8) is 0 Å². The zero-order valence-corrected chi connectivity index (χ0v) is 16.8. The molecule has 3 heterocycles. The van der Waals surface area contributed by atoms with Gasteiger partial charge >= 0.3 is 0 Å². The van der Waals surface area contributed by atoms with Crippen molar-refractivity contribution in [3.05, 3.63) is 32.1 Å². The zero-order valence-electron chi connectivity index (χ0n) is 15.2. The second-order valence-electron chi connectivity index (χ2n) is 6.15. The van der Waals surface area contributed by atoms with Crippen LogP contribution in [0.25, 0.3) is 10.2 Å². The van der Waals surface area contributed by atoms with Crippen LogP contribution >= 0.6 is 22.7 Å². The standard InChI is InChI=1S/C17H21N5O2S2/c1-5-11(6-2)14-20-21-17(26-14)19-12(23)7-22-8-18-15-13(16(22)24)9(3)10(4)25-15/h8,11H,5-7H2,1-4H3,(H,19,21,23). The van der Waals surface area contributed by atoms with Gasteiger partial charge in [0.25, 0.3) is 5.56 Å². The SMILES string of the molecule is CCC(CC)c1nnc(NC(=O)Cn2cnc3sc(C)c(C)c3c2=O)s1. The van der Waals surface area contributed by atoms with Crippen molar-refractivity contribution in [2.24, 2.45) is 0 Å². The number of nitrogens with zero attached hydrogens (tertiary/aromatic N) is 4. The second-order valence-corrected chi connectivity index (χ2v) is 8.36. The molecule has 3 aromatic rings. The van der Waals surface area contributed by atoms with E-state index in [0.29, 0.717) is 21.3 Å². The van der Waals surface area contributed by atoms with Crippen LogP contribution in [-0.4, -0.2) is 25.7 Å². The Labute approximate surface area is 159 Å². The fraction of sp³-hybridized carbons (Fsp3) is 0.471. The predicted octanol–water partition coefficient (Wildman–Crippen LogP) is 3.47. The summed E-state index contributed by atoms with van der Waals surface area (Å²) in [5, 5.41) is 12.9. The fourth-order valence-corrected chi connectivity index (χ4v) is 4.80. The van der Waals surface area contributed by atoms with Crippen LogP contribution < -0.4 is 10.9 Å². The molecule has 7 nitrogen and oxygen atoms in total. The summed E-state index contributed by atoms with van der Waals surface area (Å²) in [6.07, 6.45) is 3.40. The van der Waals surface area contributed by atoms with E-state index in [1.54, 1.807) is 0 Å². The Morgan fingerprint density at radius 3 is 2.65 bits per heavy atom. The van der Waals surface area contributed by atoms with Gasteiger partial charge in [0.1, 0.15) is 16.4 Å². The van der Waals surface area contributed by atoms with Crippen molar-refractivity contribution >= 4 is 43.9 Å². The molecule has 0 aliphatic heterocycles. The first-order valence-electron chi connectivity index (χ1n) is 8.52. The van der Waals surface area contributed by atoms with Gasteiger partial charge in [-0.25, -0.2) is 4.98 Å². The van der Waals surface area contributed by atoms with E-state index >= 15 is 0 Å². The third-order valence-electron chi connectivity index (χ3n) is 4.49. The van der Waals surface area contributed by atoms with Gasteiger partial charge in [-0.15, -0.1) is 21.5 Å². The molecule has 138 valence electrons. The molecule has 1 N–H and O–H groups in total. The molecular formula is C17H21N5O2S2. The molecule has 9 heteroatoms. The van der Waals surface area contributed by atoms with Gasteiger partial charge in [-0.2, -0.15) is 0 Å². The maximum Gasteiger partial charge on any atom is 0.262 e. The highest BCUT2D eigenvalue weighted by atomic mass is 32.1. The van der Waals surface area contributed by atoms with Crippen molar-refractivity contribution in [3.8, 4) is 0 Å². The molecule has 3 aromatic heterocycles. The van der Waals surface area contributed by atoms with Crippen LogP contribution in [0.5, 0.6) is 0 Å². The minimum atomic E-state index is -0.315. The Hall–Kier alpha value is -2.13. The number of aryl methyl sites for hydroxylation is 2. The van der Waals surface area contributed by atoms with Crippen LogP contribution in [-0.2, 0) is 11.3 Å². The predicted molar refractivity (Wildman–Crippen MR) is 105 cm³/mol. The van der Waals surface area contributed by atoms with E-state index in [-0.39, 0.29) is 18.0 Å². The third-order valence-corrected chi connectivity index (χ3v) is 6.61. The number of fused-ring (bicyclic) bond motifs is 1. The summed E-state index contributed by atoms with van der Waals surface area (Å²) in [4.78, 5) is 31.0. The summed E-state index contributed by atoms with van der Waals surface area (Å²) in [6.45, 7) is 7.98. The van der Waals surface area contributed by atoms with E-state index < -0.39 is 0 Å². The molecule has 1 amide bonds. The average Bonchev–Trinajstić information content (AvgIpc) is 3.17. The van der Waals surface area contributed by atoms with Crippen molar-refractivity contribution in [2.75, 3.05) is 5.32 Å². The summed E-state index contributed by atoms with van der Waals surface area (Å²) in [6, 6.07) is 0. The van der Waals surface area contributed by atoms with Crippen molar-refractivity contribution in [1.29, 1.82) is 0 Å². The van der Waals surface area contributed by atoms with Crippen LogP contribution in [0.3, 0.4) is 0 Å². The Kier molecular flexibility index (Phi) is 5.47. The van der Waals surface area contributed by atoms with Crippen LogP contribution in [0.2, 0.25) is 0 Å². The van der Waals surface area contributed by atoms with Crippen molar-refractivity contribution < 1.29 is 4.79 Å². The number of carbonyl (C=O) groups is 1. The number of nitrogens with one attached hydrogen (secondary N) is 1. The summed E-state index contributed by atoms with van der Waals surface area (Å²) >= 11 is 2.88. The zero-order chi connectivity index (χ0) is 18.8. The quantitative estimate of drug-likeness (QED) is 0.695. The number of rotatable bonds is 6. The highest BCUT2D eigenvalue weighted by molar-refractivity contribution is 7.18. The maximum absolute atomic E-state index is 12.6. The molecule has 0 aliphatic rings. The summed E-state index contributed by atoms with van der Waals surface area (Å²) in [7, 11) is 0. The molecule has 0 atom stereocenters. The van der Waals surface area contributed by atoms with Crippen LogP contribution in [0, 0.1) is 13.8 Å². The number of anilines is 1. The Morgan fingerprint density at radius 2 is 1.96 bits per heavy atom. The lowest BCUT2D eigenvalue weighted by molar-refractivity contribution is -0.116. The highest BCUT2D eigenvalue weighted by Crippen LogP contribution is 2.28. The second kappa shape index (κ2) is 7.63. The van der Waals surface area contributed by atoms with E-state index in [4.69, 9.17) is 0 Å². The molecule has 0 aromatic carbocycles. The molecule has 0 bridgehead atoms. The van der Waals surface area contributed by atoms with Gasteiger partial charge in [0.15, 0.2) is 0 Å². The van der Waals surface area contributed by atoms with E-state index in [1.165, 1.54) is 33.6 Å². The molecule has 0 saturated carbocycles. The lowest BCUT2D eigenvalue weighted by Crippen LogP contribution is -2.27. The van der Waals surface area contributed by atoms with Crippen LogP contribution in [0.4, 0.5) is 5.13 Å². The molecule has 0 unspecified atom stereocenters. The number of hydrogen-bond acceptors (Lipinski definition) is 7. The van der Waals surface area contributed by atoms with Gasteiger partial charge in [0.2, 0.25) is 11.0 Å². The monoisotopic (exact) mass is 391 g/mol. The number of carbonyl (C=O) groups excluding carboxylic acids is 1. The molecule has 0 fully saturated rings. The van der Waals surface area contributed by atoms with Gasteiger partial charge in [-0.05, 0) is 32.3 Å². The van der Waals surface area contributed by atoms with E-state index in [1.807, 2.05) is 13.8 Å². The summed E-state index contributed by atoms with van der Waals surface area (Å²) in [5.74, 6) is 0.0438. The van der Waals surface area contributed by atoms with Gasteiger partial charge < -0.3 is 0 Å². The Bertz CT molecular complexity index is 1000. The third kappa shape index (κ3) is 3.54. The van der Waals surface area contributed by atoms with E-state index in [0.717, 1.165) is 28.3 Å². The number of hydrogen-bond donors (Lipinski definition) is 1. The first kappa shape index (κ1) is 18.7. The lowest BCUT2D eigenvalue weighted by atomic mass is 10.1. The number of aromatic nitrogens is 4. The minimum Gasteiger partial charge on any atom is -0.299 e. The maximum atomic E-state index is 12.6. The average molecular weight is 392 g/mol. The largest absolute Gasteiger partial charge is 0.299 e. The normalized spacial score (nSPS) is 11.4. The van der Waals surface area contributed by atoms with Crippen molar-refractivity contribution in [1.82, 2.24) is 19.7 Å². The first-order valence-corrected chi connectivity index (χ1v) is 10.2. The number of thiophene rings is 1. The molecular weight excluding hydrogens is 370 g/mol. The molecule has 26 heavy (non-hydrogen) atoms. The molecule has 0 saturated heterocycles. The van der Waals surface area contributed by atoms with Gasteiger partial charge in [-0.1, -0.05) is 25.2 Å². The smallest absolute Gasteiger partial charge is 0.262 e. The highest BCUT2D eigenvalue weighted by Gasteiger charge is 2.16. The molecule has 3 rings (SSSR count). The summed E-state index contributed by atoms with van der Waals surface area (Å²) < 4.78 is 1.33. The van der Waals surface area contributed by atoms with Crippen LogP contribution in [0.15, 0.2) is 11.1 Å². The van der Waals surface area contributed by atoms with Gasteiger partial charge in [0, 0.05) is 10.8 Å². The summed E-state index contributed by atoms with van der Waals surface area (Å²) in [5.41, 5.74) is 0.734. The van der Waals surface area contributed by atoms with Crippen molar-refractivity contribution in [2.45, 2.75) is 53.0 Å². The molecule has 0 radical (unpaired) electrons. The van der Waals surface area contributed by atoms with Crippen LogP contribution in [0.1, 0.15) is 48.1 Å². The minimum absolute atomic E-state index is 0.101. The molecule has 0 spiro atoms. The number of amides is 1. The van der Waals surface area contributed by atoms with Gasteiger partial charge in [-0.3, -0.25) is 19.5 Å². The first-order chi connectivity index (χ1) is 12.4. The Morgan fingerprint density at radius 1 is 1.23 bits per heavy atom. The van der Waals surface area contributed by atoms with E-state index in [2.05, 4.69) is 34.3 Å². The molecule has 0 aliphatic carbocycles. The lowest BCUT2D eigenvalue weighted by Gasteiger charge is -2.06. The van der Waals surface area contributed by atoms with E-state index in [9.17, 15) is 9.59 Å².